The number of ether oxygens (including phenoxy) is 1. The van der Waals surface area contributed by atoms with Gasteiger partial charge in [-0.2, -0.15) is 8.78 Å². The number of carbonyl (C=O) groups excluding carboxylic acids is 1. The standard InChI is InChI=1S/C16H22F2N2O4S/c1-25(22,23)20-10-7-13(8-11-20)15(21)19-9-6-12-2-4-14(5-3-12)24-16(17)18/h2-5,13,16H,6-11H2,1H3,(H,19,21). The minimum atomic E-state index is -3.19. The fourth-order valence-corrected chi connectivity index (χ4v) is 3.64. The van der Waals surface area contributed by atoms with Crippen molar-refractivity contribution in [2.75, 3.05) is 25.9 Å². The van der Waals surface area contributed by atoms with E-state index in [-0.39, 0.29) is 17.6 Å². The number of sulfonamides is 1. The Bertz CT molecular complexity index is 672. The Morgan fingerprint density at radius 3 is 2.40 bits per heavy atom. The van der Waals surface area contributed by atoms with Crippen LogP contribution in [-0.4, -0.2) is 51.1 Å². The molecule has 25 heavy (non-hydrogen) atoms. The van der Waals surface area contributed by atoms with Crippen LogP contribution in [0.3, 0.4) is 0 Å². The number of rotatable bonds is 7. The number of nitrogens with one attached hydrogen (secondary N) is 1. The first-order valence-electron chi connectivity index (χ1n) is 8.02. The van der Waals surface area contributed by atoms with E-state index >= 15 is 0 Å². The van der Waals surface area contributed by atoms with Gasteiger partial charge in [0.15, 0.2) is 0 Å². The topological polar surface area (TPSA) is 75.7 Å². The molecular formula is C16H22F2N2O4S. The number of hydrogen-bond donors (Lipinski definition) is 1. The smallest absolute Gasteiger partial charge is 0.387 e. The summed E-state index contributed by atoms with van der Waals surface area (Å²) < 4.78 is 52.7. The third-order valence-corrected chi connectivity index (χ3v) is 5.46. The fraction of sp³-hybridized carbons (Fsp3) is 0.562. The summed E-state index contributed by atoms with van der Waals surface area (Å²) in [5.41, 5.74) is 0.897. The molecule has 0 bridgehead atoms. The summed E-state index contributed by atoms with van der Waals surface area (Å²) in [5.74, 6) is -0.161. The molecule has 0 atom stereocenters. The maximum atomic E-state index is 12.1. The molecule has 0 radical (unpaired) electrons. The highest BCUT2D eigenvalue weighted by atomic mass is 32.2. The van der Waals surface area contributed by atoms with Crippen LogP contribution >= 0.6 is 0 Å². The Balaban J connectivity index is 1.72. The average molecular weight is 376 g/mol. The van der Waals surface area contributed by atoms with Crippen molar-refractivity contribution in [1.82, 2.24) is 9.62 Å². The Morgan fingerprint density at radius 1 is 1.28 bits per heavy atom. The van der Waals surface area contributed by atoms with Crippen LogP contribution in [0.1, 0.15) is 18.4 Å². The molecule has 1 aliphatic rings. The van der Waals surface area contributed by atoms with Gasteiger partial charge in [-0.05, 0) is 37.0 Å². The zero-order valence-corrected chi connectivity index (χ0v) is 14.8. The lowest BCUT2D eigenvalue weighted by atomic mass is 9.97. The van der Waals surface area contributed by atoms with Gasteiger partial charge >= 0.3 is 6.61 Å². The van der Waals surface area contributed by atoms with E-state index in [1.165, 1.54) is 22.7 Å². The molecule has 140 valence electrons. The first-order valence-corrected chi connectivity index (χ1v) is 9.87. The predicted molar refractivity (Wildman–Crippen MR) is 88.9 cm³/mol. The van der Waals surface area contributed by atoms with Crippen molar-refractivity contribution in [2.45, 2.75) is 25.9 Å². The fourth-order valence-electron chi connectivity index (χ4n) is 2.76. The van der Waals surface area contributed by atoms with Gasteiger partial charge in [0.2, 0.25) is 15.9 Å². The molecule has 1 aliphatic heterocycles. The number of piperidine rings is 1. The van der Waals surface area contributed by atoms with Crippen LogP contribution < -0.4 is 10.1 Å². The minimum Gasteiger partial charge on any atom is -0.435 e. The summed E-state index contributed by atoms with van der Waals surface area (Å²) in [7, 11) is -3.19. The van der Waals surface area contributed by atoms with Gasteiger partial charge in [0.1, 0.15) is 5.75 Å². The first kappa shape index (κ1) is 19.6. The highest BCUT2D eigenvalue weighted by Crippen LogP contribution is 2.19. The number of carbonyl (C=O) groups is 1. The maximum Gasteiger partial charge on any atom is 0.387 e. The number of hydrogen-bond acceptors (Lipinski definition) is 4. The summed E-state index contributed by atoms with van der Waals surface area (Å²) >= 11 is 0. The molecular weight excluding hydrogens is 354 g/mol. The van der Waals surface area contributed by atoms with Gasteiger partial charge in [-0.1, -0.05) is 12.1 Å². The van der Waals surface area contributed by atoms with Gasteiger partial charge in [0.25, 0.3) is 0 Å². The number of alkyl halides is 2. The molecule has 1 aromatic carbocycles. The first-order chi connectivity index (χ1) is 11.8. The molecule has 2 rings (SSSR count). The van der Waals surface area contributed by atoms with Gasteiger partial charge in [-0.25, -0.2) is 12.7 Å². The van der Waals surface area contributed by atoms with E-state index in [1.807, 2.05) is 0 Å². The van der Waals surface area contributed by atoms with Gasteiger partial charge in [-0.3, -0.25) is 4.79 Å². The molecule has 0 aliphatic carbocycles. The number of nitrogens with zero attached hydrogens (tertiary/aromatic N) is 1. The lowest BCUT2D eigenvalue weighted by Gasteiger charge is -2.29. The van der Waals surface area contributed by atoms with Crippen LogP contribution in [0.15, 0.2) is 24.3 Å². The number of amides is 1. The zero-order chi connectivity index (χ0) is 18.4. The second-order valence-electron chi connectivity index (χ2n) is 6.00. The van der Waals surface area contributed by atoms with E-state index < -0.39 is 16.6 Å². The van der Waals surface area contributed by atoms with Crippen LogP contribution in [-0.2, 0) is 21.2 Å². The normalized spacial score (nSPS) is 16.8. The summed E-state index contributed by atoms with van der Waals surface area (Å²) in [5, 5.41) is 2.84. The van der Waals surface area contributed by atoms with E-state index in [4.69, 9.17) is 0 Å². The molecule has 1 heterocycles. The van der Waals surface area contributed by atoms with Crippen molar-refractivity contribution in [2.24, 2.45) is 5.92 Å². The second kappa shape index (κ2) is 8.57. The molecule has 1 amide bonds. The van der Waals surface area contributed by atoms with Crippen LogP contribution in [0.25, 0.3) is 0 Å². The zero-order valence-electron chi connectivity index (χ0n) is 14.0. The van der Waals surface area contributed by atoms with Crippen LogP contribution in [0.5, 0.6) is 5.75 Å². The Morgan fingerprint density at radius 2 is 1.88 bits per heavy atom. The van der Waals surface area contributed by atoms with E-state index in [0.717, 1.165) is 5.56 Å². The molecule has 0 unspecified atom stereocenters. The molecule has 0 spiro atoms. The molecule has 9 heteroatoms. The largest absolute Gasteiger partial charge is 0.435 e. The summed E-state index contributed by atoms with van der Waals surface area (Å²) in [6.45, 7) is -1.69. The molecule has 1 saturated heterocycles. The molecule has 6 nitrogen and oxygen atoms in total. The summed E-state index contributed by atoms with van der Waals surface area (Å²) in [4.78, 5) is 12.1. The lowest BCUT2D eigenvalue weighted by molar-refractivity contribution is -0.126. The van der Waals surface area contributed by atoms with Crippen molar-refractivity contribution in [3.8, 4) is 5.75 Å². The molecule has 1 aromatic rings. The molecule has 0 aromatic heterocycles. The highest BCUT2D eigenvalue weighted by Gasteiger charge is 2.28. The van der Waals surface area contributed by atoms with Gasteiger partial charge < -0.3 is 10.1 Å². The molecule has 0 saturated carbocycles. The van der Waals surface area contributed by atoms with E-state index in [9.17, 15) is 22.0 Å². The van der Waals surface area contributed by atoms with Crippen LogP contribution in [0, 0.1) is 5.92 Å². The van der Waals surface area contributed by atoms with Crippen molar-refractivity contribution in [3.63, 3.8) is 0 Å². The van der Waals surface area contributed by atoms with Crippen molar-refractivity contribution in [3.05, 3.63) is 29.8 Å². The van der Waals surface area contributed by atoms with Crippen LogP contribution in [0.2, 0.25) is 0 Å². The van der Waals surface area contributed by atoms with Crippen molar-refractivity contribution < 1.29 is 26.7 Å². The van der Waals surface area contributed by atoms with Crippen LogP contribution in [0.4, 0.5) is 8.78 Å². The lowest BCUT2D eigenvalue weighted by Crippen LogP contribution is -2.42. The van der Waals surface area contributed by atoms with E-state index in [1.54, 1.807) is 12.1 Å². The van der Waals surface area contributed by atoms with Gasteiger partial charge in [0, 0.05) is 25.6 Å². The van der Waals surface area contributed by atoms with Gasteiger partial charge in [0.05, 0.1) is 6.26 Å². The Labute approximate surface area is 146 Å². The number of halogens is 2. The minimum absolute atomic E-state index is 0.0780. The maximum absolute atomic E-state index is 12.1. The summed E-state index contributed by atoms with van der Waals surface area (Å²) in [6, 6.07) is 6.28. The quantitative estimate of drug-likeness (QED) is 0.785. The Kier molecular flexibility index (Phi) is 6.71. The third-order valence-electron chi connectivity index (χ3n) is 4.16. The van der Waals surface area contributed by atoms with E-state index in [0.29, 0.717) is 38.9 Å². The highest BCUT2D eigenvalue weighted by molar-refractivity contribution is 7.88. The molecule has 1 N–H and O–H groups in total. The Hall–Kier alpha value is -1.74. The third kappa shape index (κ3) is 6.24. The van der Waals surface area contributed by atoms with Crippen molar-refractivity contribution in [1.29, 1.82) is 0 Å². The molecule has 1 fully saturated rings. The van der Waals surface area contributed by atoms with Crippen molar-refractivity contribution >= 4 is 15.9 Å². The van der Waals surface area contributed by atoms with E-state index in [2.05, 4.69) is 10.1 Å². The SMILES string of the molecule is CS(=O)(=O)N1CCC(C(=O)NCCc2ccc(OC(F)F)cc2)CC1. The average Bonchev–Trinajstić information content (AvgIpc) is 2.55. The second-order valence-corrected chi connectivity index (χ2v) is 7.98. The monoisotopic (exact) mass is 376 g/mol. The summed E-state index contributed by atoms with van der Waals surface area (Å²) in [6.07, 6.45) is 2.77. The number of benzene rings is 1. The predicted octanol–water partition coefficient (Wildman–Crippen LogP) is 1.62. The van der Waals surface area contributed by atoms with Gasteiger partial charge in [-0.15, -0.1) is 0 Å².